The second-order valence-electron chi connectivity index (χ2n) is 9.61. The summed E-state index contributed by atoms with van der Waals surface area (Å²) in [4.78, 5) is 17.0. The van der Waals surface area contributed by atoms with E-state index in [0.29, 0.717) is 66.7 Å². The molecule has 0 unspecified atom stereocenters. The summed E-state index contributed by atoms with van der Waals surface area (Å²) in [6.07, 6.45) is 0. The quantitative estimate of drug-likeness (QED) is 0.0443. The van der Waals surface area contributed by atoms with Crippen LogP contribution in [0.3, 0.4) is 0 Å². The first-order valence-electron chi connectivity index (χ1n) is 13.6. The highest BCUT2D eigenvalue weighted by atomic mass is 35.5. The maximum Gasteiger partial charge on any atom is 0.235 e. The van der Waals surface area contributed by atoms with Crippen LogP contribution in [0, 0.1) is 0 Å². The molecule has 0 aliphatic carbocycles. The molecule has 4 aromatic rings. The number of phenols is 1. The molecular weight excluding hydrogens is 718 g/mol. The average molecular weight is 744 g/mol. The van der Waals surface area contributed by atoms with Crippen molar-refractivity contribution in [1.29, 1.82) is 0 Å². The van der Waals surface area contributed by atoms with Gasteiger partial charge in [-0.15, -0.1) is 13.8 Å². The van der Waals surface area contributed by atoms with Crippen molar-refractivity contribution in [3.63, 3.8) is 0 Å². The van der Waals surface area contributed by atoms with E-state index in [1.807, 2.05) is 4.90 Å². The third kappa shape index (κ3) is 8.96. The van der Waals surface area contributed by atoms with E-state index >= 15 is 0 Å². The van der Waals surface area contributed by atoms with E-state index in [9.17, 15) is 13.5 Å². The van der Waals surface area contributed by atoms with Crippen LogP contribution in [-0.2, 0) is 37.5 Å². The molecule has 0 bridgehead atoms. The van der Waals surface area contributed by atoms with Crippen molar-refractivity contribution < 1.29 is 51.7 Å². The van der Waals surface area contributed by atoms with Gasteiger partial charge in [0, 0.05) is 31.2 Å². The van der Waals surface area contributed by atoms with Crippen LogP contribution in [0.2, 0.25) is 5.28 Å². The number of rotatable bonds is 15. The van der Waals surface area contributed by atoms with Crippen molar-refractivity contribution in [1.82, 2.24) is 15.0 Å². The molecule has 2 heterocycles. The van der Waals surface area contributed by atoms with Crippen LogP contribution in [0.5, 0.6) is 5.75 Å². The molecule has 256 valence electrons. The highest BCUT2D eigenvalue weighted by molar-refractivity contribution is 7.94. The van der Waals surface area contributed by atoms with Gasteiger partial charge in [-0.05, 0) is 65.5 Å². The van der Waals surface area contributed by atoms with Crippen molar-refractivity contribution in [2.24, 2.45) is 10.2 Å². The Hall–Kier alpha value is -3.45. The largest absolute Gasteiger partial charge is 0.505 e. The Bertz CT molecular complexity index is 1850. The fourth-order valence-electron chi connectivity index (χ4n) is 4.41. The molecule has 0 amide bonds. The number of phenolic OH excluding ortho intramolecular Hbond substituents is 1. The molecule has 5 rings (SSSR count). The van der Waals surface area contributed by atoms with Gasteiger partial charge in [0.25, 0.3) is 0 Å². The molecule has 0 atom stereocenters. The summed E-state index contributed by atoms with van der Waals surface area (Å²) in [5.41, 5.74) is 0.911. The van der Waals surface area contributed by atoms with Crippen LogP contribution in [0.4, 0.5) is 29.0 Å². The van der Waals surface area contributed by atoms with Crippen molar-refractivity contribution in [2.75, 3.05) is 55.5 Å². The summed E-state index contributed by atoms with van der Waals surface area (Å²) in [5, 5.41) is 44.5. The first-order chi connectivity index (χ1) is 23.2. The minimum Gasteiger partial charge on any atom is -0.505 e. The van der Waals surface area contributed by atoms with Crippen LogP contribution < -0.4 is 9.80 Å². The lowest BCUT2D eigenvalue weighted by atomic mass is 10.1. The van der Waals surface area contributed by atoms with Crippen molar-refractivity contribution in [3.05, 3.63) is 53.8 Å². The van der Waals surface area contributed by atoms with E-state index < -0.39 is 9.84 Å². The van der Waals surface area contributed by atoms with Crippen LogP contribution in [0.25, 0.3) is 10.8 Å². The van der Waals surface area contributed by atoms with Crippen LogP contribution in [0.1, 0.15) is 0 Å². The van der Waals surface area contributed by atoms with E-state index in [0.717, 1.165) is 0 Å². The topological polar surface area (TPSA) is 220 Å². The Morgan fingerprint density at radius 2 is 1.77 bits per heavy atom. The van der Waals surface area contributed by atoms with Crippen LogP contribution in [-0.4, -0.2) is 84.7 Å². The Balaban J connectivity index is 1.39. The molecule has 1 aromatic heterocycles. The number of halogens is 1. The Morgan fingerprint density at radius 1 is 1.02 bits per heavy atom. The highest BCUT2D eigenvalue weighted by Crippen LogP contribution is 2.45. The van der Waals surface area contributed by atoms with Crippen molar-refractivity contribution in [2.45, 2.75) is 9.79 Å². The van der Waals surface area contributed by atoms with Crippen LogP contribution >= 0.6 is 36.0 Å². The zero-order chi connectivity index (χ0) is 34.1. The molecule has 1 aliphatic rings. The molecule has 1 aliphatic heterocycles. The van der Waals surface area contributed by atoms with Gasteiger partial charge in [0.2, 0.25) is 17.2 Å². The van der Waals surface area contributed by atoms with E-state index in [2.05, 4.69) is 43.9 Å². The number of benzene rings is 3. The van der Waals surface area contributed by atoms with Gasteiger partial charge in [0.1, 0.15) is 5.69 Å². The number of aromatic hydroxyl groups is 1. The first kappa shape index (κ1) is 35.8. The third-order valence-corrected chi connectivity index (χ3v) is 9.62. The molecule has 18 nitrogen and oxygen atoms in total. The average Bonchev–Trinajstić information content (AvgIpc) is 3.10. The minimum absolute atomic E-state index is 0.00481. The monoisotopic (exact) mass is 743 g/mol. The number of morpholine rings is 1. The van der Waals surface area contributed by atoms with Gasteiger partial charge in [-0.1, -0.05) is 10.1 Å². The second-order valence-corrected chi connectivity index (χ2v) is 13.3. The smallest absolute Gasteiger partial charge is 0.235 e. The number of sulfone groups is 1. The predicted molar refractivity (Wildman–Crippen MR) is 173 cm³/mol. The van der Waals surface area contributed by atoms with Gasteiger partial charge in [-0.25, -0.2) is 18.9 Å². The molecular formula is C26H26ClN7O11S3. The third-order valence-electron chi connectivity index (χ3n) is 6.76. The summed E-state index contributed by atoms with van der Waals surface area (Å²) in [6, 6.07) is 12.3. The van der Waals surface area contributed by atoms with Crippen molar-refractivity contribution in [3.8, 4) is 5.75 Å². The Morgan fingerprint density at radius 3 is 2.50 bits per heavy atom. The van der Waals surface area contributed by atoms with Gasteiger partial charge >= 0.3 is 0 Å². The van der Waals surface area contributed by atoms with Crippen molar-refractivity contribution >= 4 is 85.5 Å². The summed E-state index contributed by atoms with van der Waals surface area (Å²) in [6.45, 7) is 2.08. The number of anilines is 3. The van der Waals surface area contributed by atoms with E-state index in [1.165, 1.54) is 24.3 Å². The number of nitrogens with zero attached hydrogens (tertiary/aromatic N) is 7. The lowest BCUT2D eigenvalue weighted by molar-refractivity contribution is -0.434. The molecule has 0 radical (unpaired) electrons. The Labute approximate surface area is 286 Å². The standard InChI is InChI=1S/C26H26ClN7O11S3/c1-33(25-28-24(27)29-26(30-25)34-8-10-40-11-9-34)18-4-7-20-16(14-18)15-21(46-44-42-36)22(23(20)35)32-31-17-2-5-19(6-3-17)48(38,39)13-12-41-47-45-43-37/h2-7,14-15,35-37H,8-13H2,1H3. The van der Waals surface area contributed by atoms with Gasteiger partial charge in [-0.3, -0.25) is 4.18 Å². The molecule has 22 heteroatoms. The molecule has 0 saturated carbocycles. The summed E-state index contributed by atoms with van der Waals surface area (Å²) in [5.74, 6) is 0.103. The maximum absolute atomic E-state index is 12.5. The highest BCUT2D eigenvalue weighted by Gasteiger charge is 2.20. The lowest BCUT2D eigenvalue weighted by Crippen LogP contribution is -2.37. The summed E-state index contributed by atoms with van der Waals surface area (Å²) in [7, 11) is -1.96. The van der Waals surface area contributed by atoms with Gasteiger partial charge < -0.3 is 19.6 Å². The number of azo groups is 1. The number of ether oxygens (including phenoxy) is 1. The number of hydrogen-bond acceptors (Lipinski definition) is 20. The summed E-state index contributed by atoms with van der Waals surface area (Å²) >= 11 is 7.09. The summed E-state index contributed by atoms with van der Waals surface area (Å²) < 4.78 is 44.0. The first-order valence-corrected chi connectivity index (χ1v) is 17.1. The van der Waals surface area contributed by atoms with E-state index in [1.54, 1.807) is 36.2 Å². The lowest BCUT2D eigenvalue weighted by Gasteiger charge is -2.27. The number of fused-ring (bicyclic) bond motifs is 1. The molecule has 3 N–H and O–H groups in total. The molecule has 48 heavy (non-hydrogen) atoms. The minimum atomic E-state index is -3.71. The fraction of sp³-hybridized carbons (Fsp3) is 0.269. The zero-order valence-electron chi connectivity index (χ0n) is 24.7. The molecule has 0 spiro atoms. The predicted octanol–water partition coefficient (Wildman–Crippen LogP) is 5.61. The normalized spacial score (nSPS) is 13.9. The second kappa shape index (κ2) is 16.8. The van der Waals surface area contributed by atoms with Gasteiger partial charge in [0.15, 0.2) is 27.9 Å². The fourth-order valence-corrected chi connectivity index (χ4v) is 6.47. The zero-order valence-corrected chi connectivity index (χ0v) is 27.9. The molecule has 3 aromatic carbocycles. The molecule has 1 fully saturated rings. The van der Waals surface area contributed by atoms with Gasteiger partial charge in [0.05, 0.1) is 53.1 Å². The number of hydrogen-bond donors (Lipinski definition) is 3. The van der Waals surface area contributed by atoms with E-state index in [4.69, 9.17) is 31.0 Å². The van der Waals surface area contributed by atoms with Gasteiger partial charge in [-0.2, -0.15) is 20.1 Å². The van der Waals surface area contributed by atoms with E-state index in [-0.39, 0.29) is 56.9 Å². The molecule has 1 saturated heterocycles. The maximum atomic E-state index is 12.5. The van der Waals surface area contributed by atoms with Crippen LogP contribution in [0.15, 0.2) is 68.6 Å². The SMILES string of the molecule is CN(c1ccc2c(O)c(N=Nc3ccc(S(=O)(=O)CCOSOOO)cc3)c(SOOO)cc2c1)c1nc(Cl)nc(N2CCOCC2)n1. The Kier molecular flexibility index (Phi) is 12.5. The number of aromatic nitrogens is 3.